The summed E-state index contributed by atoms with van der Waals surface area (Å²) in [6, 6.07) is 20.6. The van der Waals surface area contributed by atoms with Gasteiger partial charge in [0.2, 0.25) is 5.91 Å². The van der Waals surface area contributed by atoms with Gasteiger partial charge in [0.1, 0.15) is 0 Å². The SMILES string of the molecule is Cc1ccc(-c2csc(NC(=O)Cc3ccc4ccccc4c3)n2)cc1C. The molecule has 3 nitrogen and oxygen atoms in total. The van der Waals surface area contributed by atoms with Gasteiger partial charge in [-0.25, -0.2) is 4.98 Å². The molecule has 27 heavy (non-hydrogen) atoms. The summed E-state index contributed by atoms with van der Waals surface area (Å²) in [7, 11) is 0. The fraction of sp³-hybridized carbons (Fsp3) is 0.130. The summed E-state index contributed by atoms with van der Waals surface area (Å²) >= 11 is 1.45. The molecule has 0 bridgehead atoms. The molecule has 0 aliphatic rings. The number of hydrogen-bond acceptors (Lipinski definition) is 3. The average Bonchev–Trinajstić information content (AvgIpc) is 3.12. The molecule has 0 aliphatic carbocycles. The highest BCUT2D eigenvalue weighted by molar-refractivity contribution is 7.14. The lowest BCUT2D eigenvalue weighted by Crippen LogP contribution is -2.14. The smallest absolute Gasteiger partial charge is 0.230 e. The van der Waals surface area contributed by atoms with Gasteiger partial charge in [0.05, 0.1) is 12.1 Å². The summed E-state index contributed by atoms with van der Waals surface area (Å²) in [4.78, 5) is 17.0. The largest absolute Gasteiger partial charge is 0.302 e. The number of nitrogens with one attached hydrogen (secondary N) is 1. The number of amides is 1. The number of rotatable bonds is 4. The van der Waals surface area contributed by atoms with Crippen molar-refractivity contribution in [2.24, 2.45) is 0 Å². The molecule has 3 aromatic carbocycles. The van der Waals surface area contributed by atoms with Crippen molar-refractivity contribution in [3.05, 3.63) is 82.7 Å². The number of benzene rings is 3. The molecule has 0 atom stereocenters. The predicted octanol–water partition coefficient (Wildman–Crippen LogP) is 5.76. The van der Waals surface area contributed by atoms with E-state index in [9.17, 15) is 4.79 Å². The Hall–Kier alpha value is -2.98. The first kappa shape index (κ1) is 17.4. The monoisotopic (exact) mass is 372 g/mol. The van der Waals surface area contributed by atoms with Crippen molar-refractivity contribution in [2.75, 3.05) is 5.32 Å². The molecule has 0 fully saturated rings. The van der Waals surface area contributed by atoms with Crippen LogP contribution in [-0.4, -0.2) is 10.9 Å². The van der Waals surface area contributed by atoms with Crippen molar-refractivity contribution < 1.29 is 4.79 Å². The van der Waals surface area contributed by atoms with Crippen LogP contribution in [0.4, 0.5) is 5.13 Å². The fourth-order valence-corrected chi connectivity index (χ4v) is 3.80. The van der Waals surface area contributed by atoms with E-state index in [1.165, 1.54) is 27.8 Å². The van der Waals surface area contributed by atoms with Crippen LogP contribution in [0.5, 0.6) is 0 Å². The van der Waals surface area contributed by atoms with Crippen molar-refractivity contribution in [1.29, 1.82) is 0 Å². The van der Waals surface area contributed by atoms with E-state index in [2.05, 4.69) is 66.6 Å². The number of aromatic nitrogens is 1. The lowest BCUT2D eigenvalue weighted by molar-refractivity contribution is -0.115. The molecule has 0 unspecified atom stereocenters. The van der Waals surface area contributed by atoms with E-state index >= 15 is 0 Å². The molecule has 1 N–H and O–H groups in total. The maximum Gasteiger partial charge on any atom is 0.230 e. The summed E-state index contributed by atoms with van der Waals surface area (Å²) in [5, 5.41) is 7.87. The third-order valence-electron chi connectivity index (χ3n) is 4.73. The zero-order valence-corrected chi connectivity index (χ0v) is 16.1. The minimum Gasteiger partial charge on any atom is -0.302 e. The number of carbonyl (C=O) groups excluding carboxylic acids is 1. The highest BCUT2D eigenvalue weighted by Gasteiger charge is 2.10. The van der Waals surface area contributed by atoms with E-state index in [1.54, 1.807) is 0 Å². The molecule has 1 aromatic heterocycles. The molecule has 4 rings (SSSR count). The van der Waals surface area contributed by atoms with Gasteiger partial charge in [-0.1, -0.05) is 54.6 Å². The van der Waals surface area contributed by atoms with Gasteiger partial charge in [-0.2, -0.15) is 0 Å². The van der Waals surface area contributed by atoms with Gasteiger partial charge < -0.3 is 5.32 Å². The minimum atomic E-state index is -0.0498. The predicted molar refractivity (Wildman–Crippen MR) is 113 cm³/mol. The second-order valence-electron chi connectivity index (χ2n) is 6.74. The summed E-state index contributed by atoms with van der Waals surface area (Å²) in [6.07, 6.45) is 0.337. The zero-order chi connectivity index (χ0) is 18.8. The van der Waals surface area contributed by atoms with Crippen LogP contribution in [0, 0.1) is 13.8 Å². The van der Waals surface area contributed by atoms with Crippen molar-refractivity contribution in [1.82, 2.24) is 4.98 Å². The quantitative estimate of drug-likeness (QED) is 0.495. The topological polar surface area (TPSA) is 42.0 Å². The van der Waals surface area contributed by atoms with Crippen molar-refractivity contribution >= 4 is 33.1 Å². The van der Waals surface area contributed by atoms with E-state index in [-0.39, 0.29) is 5.91 Å². The third kappa shape index (κ3) is 3.91. The highest BCUT2D eigenvalue weighted by atomic mass is 32.1. The fourth-order valence-electron chi connectivity index (χ4n) is 3.06. The van der Waals surface area contributed by atoms with Crippen LogP contribution in [-0.2, 0) is 11.2 Å². The van der Waals surface area contributed by atoms with E-state index in [0.29, 0.717) is 11.6 Å². The Morgan fingerprint density at radius 3 is 2.59 bits per heavy atom. The summed E-state index contributed by atoms with van der Waals surface area (Å²) in [6.45, 7) is 4.19. The van der Waals surface area contributed by atoms with Crippen molar-refractivity contribution in [2.45, 2.75) is 20.3 Å². The second-order valence-corrected chi connectivity index (χ2v) is 7.60. The molecular formula is C23H20N2OS. The Morgan fingerprint density at radius 1 is 0.963 bits per heavy atom. The Morgan fingerprint density at radius 2 is 1.78 bits per heavy atom. The molecule has 4 heteroatoms. The lowest BCUT2D eigenvalue weighted by atomic mass is 10.0. The molecule has 0 spiro atoms. The Labute approximate surface area is 162 Å². The first-order chi connectivity index (χ1) is 13.1. The molecule has 0 aliphatic heterocycles. The molecule has 4 aromatic rings. The summed E-state index contributed by atoms with van der Waals surface area (Å²) < 4.78 is 0. The van der Waals surface area contributed by atoms with E-state index < -0.39 is 0 Å². The van der Waals surface area contributed by atoms with Crippen LogP contribution >= 0.6 is 11.3 Å². The number of hydrogen-bond donors (Lipinski definition) is 1. The molecule has 134 valence electrons. The third-order valence-corrected chi connectivity index (χ3v) is 5.49. The van der Waals surface area contributed by atoms with Crippen LogP contribution in [0.3, 0.4) is 0 Å². The number of aryl methyl sites for hydroxylation is 2. The van der Waals surface area contributed by atoms with E-state index in [0.717, 1.165) is 22.2 Å². The van der Waals surface area contributed by atoms with Gasteiger partial charge in [-0.05, 0) is 47.4 Å². The maximum atomic E-state index is 12.4. The van der Waals surface area contributed by atoms with Crippen molar-refractivity contribution in [3.63, 3.8) is 0 Å². The van der Waals surface area contributed by atoms with Gasteiger partial charge in [0.25, 0.3) is 0 Å². The van der Waals surface area contributed by atoms with Gasteiger partial charge >= 0.3 is 0 Å². The van der Waals surface area contributed by atoms with Crippen LogP contribution < -0.4 is 5.32 Å². The minimum absolute atomic E-state index is 0.0498. The van der Waals surface area contributed by atoms with E-state index in [4.69, 9.17) is 0 Å². The number of thiazole rings is 1. The van der Waals surface area contributed by atoms with Crippen LogP contribution in [0.15, 0.2) is 66.0 Å². The number of anilines is 1. The standard InChI is InChI=1S/C23H20N2OS/c1-15-7-9-20(11-16(15)2)21-14-27-23(24-21)25-22(26)13-17-8-10-18-5-3-4-6-19(18)12-17/h3-12,14H,13H2,1-2H3,(H,24,25,26). The molecular weight excluding hydrogens is 352 g/mol. The Bertz CT molecular complexity index is 1130. The maximum absolute atomic E-state index is 12.4. The zero-order valence-electron chi connectivity index (χ0n) is 15.3. The molecule has 0 radical (unpaired) electrons. The molecule has 1 heterocycles. The highest BCUT2D eigenvalue weighted by Crippen LogP contribution is 2.26. The van der Waals surface area contributed by atoms with Gasteiger partial charge in [0, 0.05) is 10.9 Å². The lowest BCUT2D eigenvalue weighted by Gasteiger charge is -2.04. The first-order valence-corrected chi connectivity index (χ1v) is 9.77. The Kier molecular flexibility index (Phi) is 4.73. The van der Waals surface area contributed by atoms with Crippen LogP contribution in [0.2, 0.25) is 0 Å². The van der Waals surface area contributed by atoms with Crippen LogP contribution in [0.25, 0.3) is 22.0 Å². The number of carbonyl (C=O) groups is 1. The molecule has 0 saturated carbocycles. The Balaban J connectivity index is 1.46. The number of nitrogens with zero attached hydrogens (tertiary/aromatic N) is 1. The first-order valence-electron chi connectivity index (χ1n) is 8.89. The van der Waals surface area contributed by atoms with E-state index in [1.807, 2.05) is 23.6 Å². The van der Waals surface area contributed by atoms with Crippen molar-refractivity contribution in [3.8, 4) is 11.3 Å². The summed E-state index contributed by atoms with van der Waals surface area (Å²) in [5.74, 6) is -0.0498. The van der Waals surface area contributed by atoms with Gasteiger partial charge in [-0.15, -0.1) is 11.3 Å². The number of fused-ring (bicyclic) bond motifs is 1. The van der Waals surface area contributed by atoms with Crippen LogP contribution in [0.1, 0.15) is 16.7 Å². The summed E-state index contributed by atoms with van der Waals surface area (Å²) in [5.41, 5.74) is 5.46. The van der Waals surface area contributed by atoms with Gasteiger partial charge in [-0.3, -0.25) is 4.79 Å². The molecule has 0 saturated heterocycles. The second kappa shape index (κ2) is 7.33. The van der Waals surface area contributed by atoms with Gasteiger partial charge in [0.15, 0.2) is 5.13 Å². The normalized spacial score (nSPS) is 10.9. The molecule has 1 amide bonds. The average molecular weight is 372 g/mol.